The van der Waals surface area contributed by atoms with E-state index < -0.39 is 12.0 Å². The van der Waals surface area contributed by atoms with Gasteiger partial charge in [0.2, 0.25) is 5.91 Å². The Morgan fingerprint density at radius 1 is 0.950 bits per heavy atom. The van der Waals surface area contributed by atoms with Gasteiger partial charge >= 0.3 is 5.97 Å². The summed E-state index contributed by atoms with van der Waals surface area (Å²) >= 11 is 0. The molecule has 0 rings (SSSR count). The fourth-order valence-corrected chi connectivity index (χ4v) is 1.97. The molecular weight excluding hydrogens is 278 g/mol. The lowest BCUT2D eigenvalue weighted by Gasteiger charge is -2.08. The highest BCUT2D eigenvalue weighted by Gasteiger charge is 2.12. The van der Waals surface area contributed by atoms with Crippen molar-refractivity contribution < 1.29 is 14.7 Å². The van der Waals surface area contributed by atoms with Gasteiger partial charge < -0.3 is 10.4 Å². The molecule has 0 spiro atoms. The monoisotopic (exact) mass is 307 g/mol. The molecule has 1 atom stereocenters. The SMILES string of the molecule is CCCCCCCCCCCC(=O)N[C@@H](C)C(=O)O.Cl. The summed E-state index contributed by atoms with van der Waals surface area (Å²) in [5, 5.41) is 11.1. The predicted molar refractivity (Wildman–Crippen MR) is 84.3 cm³/mol. The summed E-state index contributed by atoms with van der Waals surface area (Å²) in [7, 11) is 0. The number of carbonyl (C=O) groups excluding carboxylic acids is 1. The highest BCUT2D eigenvalue weighted by molar-refractivity contribution is 5.85. The average Bonchev–Trinajstić information content (AvgIpc) is 2.36. The number of carbonyl (C=O) groups is 2. The zero-order valence-electron chi connectivity index (χ0n) is 12.8. The summed E-state index contributed by atoms with van der Waals surface area (Å²) in [6.07, 6.45) is 11.3. The Morgan fingerprint density at radius 2 is 1.40 bits per heavy atom. The zero-order chi connectivity index (χ0) is 14.5. The van der Waals surface area contributed by atoms with Crippen molar-refractivity contribution >= 4 is 24.3 Å². The normalized spacial score (nSPS) is 11.5. The number of carboxylic acids is 1. The van der Waals surface area contributed by atoms with E-state index in [0.717, 1.165) is 12.8 Å². The van der Waals surface area contributed by atoms with Crippen LogP contribution in [0.15, 0.2) is 0 Å². The molecular formula is C15H30ClNO3. The van der Waals surface area contributed by atoms with Crippen LogP contribution in [0, 0.1) is 0 Å². The largest absolute Gasteiger partial charge is 0.480 e. The van der Waals surface area contributed by atoms with Gasteiger partial charge in [-0.2, -0.15) is 0 Å². The van der Waals surface area contributed by atoms with Gasteiger partial charge in [0.15, 0.2) is 0 Å². The molecule has 0 aliphatic heterocycles. The van der Waals surface area contributed by atoms with Crippen molar-refractivity contribution in [3.05, 3.63) is 0 Å². The molecule has 0 aliphatic rings. The second-order valence-corrected chi connectivity index (χ2v) is 5.21. The first-order chi connectivity index (χ1) is 9.07. The minimum Gasteiger partial charge on any atom is -0.480 e. The molecule has 0 aliphatic carbocycles. The third-order valence-corrected chi connectivity index (χ3v) is 3.26. The van der Waals surface area contributed by atoms with Crippen molar-refractivity contribution in [1.82, 2.24) is 5.32 Å². The first-order valence-corrected chi connectivity index (χ1v) is 7.60. The smallest absolute Gasteiger partial charge is 0.325 e. The molecule has 0 unspecified atom stereocenters. The molecule has 0 saturated heterocycles. The Morgan fingerprint density at radius 3 is 1.85 bits per heavy atom. The van der Waals surface area contributed by atoms with E-state index in [-0.39, 0.29) is 18.3 Å². The first-order valence-electron chi connectivity index (χ1n) is 7.60. The molecule has 0 fully saturated rings. The summed E-state index contributed by atoms with van der Waals surface area (Å²) in [5.74, 6) is -1.14. The van der Waals surface area contributed by atoms with E-state index in [4.69, 9.17) is 5.11 Å². The lowest BCUT2D eigenvalue weighted by Crippen LogP contribution is -2.38. The molecule has 5 heteroatoms. The second-order valence-electron chi connectivity index (χ2n) is 5.21. The van der Waals surface area contributed by atoms with Crippen molar-refractivity contribution in [2.75, 3.05) is 0 Å². The fourth-order valence-electron chi connectivity index (χ4n) is 1.97. The highest BCUT2D eigenvalue weighted by atomic mass is 35.5. The molecule has 1 amide bonds. The molecule has 4 nitrogen and oxygen atoms in total. The number of aliphatic carboxylic acids is 1. The number of unbranched alkanes of at least 4 members (excludes halogenated alkanes) is 8. The van der Waals surface area contributed by atoms with Gasteiger partial charge in [-0.15, -0.1) is 12.4 Å². The minimum absolute atomic E-state index is 0. The summed E-state index contributed by atoms with van der Waals surface area (Å²) in [6, 6.07) is -0.786. The van der Waals surface area contributed by atoms with Crippen LogP contribution in [0.1, 0.15) is 78.1 Å². The van der Waals surface area contributed by atoms with Crippen LogP contribution in [0.25, 0.3) is 0 Å². The van der Waals surface area contributed by atoms with Gasteiger partial charge in [-0.3, -0.25) is 9.59 Å². The molecule has 0 aromatic rings. The van der Waals surface area contributed by atoms with E-state index in [0.29, 0.717) is 6.42 Å². The van der Waals surface area contributed by atoms with Crippen molar-refractivity contribution in [3.63, 3.8) is 0 Å². The van der Waals surface area contributed by atoms with Gasteiger partial charge in [-0.05, 0) is 13.3 Å². The van der Waals surface area contributed by atoms with Crippen LogP contribution in [0.5, 0.6) is 0 Å². The average molecular weight is 308 g/mol. The maximum atomic E-state index is 11.4. The van der Waals surface area contributed by atoms with Crippen molar-refractivity contribution in [1.29, 1.82) is 0 Å². The van der Waals surface area contributed by atoms with E-state index in [9.17, 15) is 9.59 Å². The molecule has 0 bridgehead atoms. The number of hydrogen-bond acceptors (Lipinski definition) is 2. The molecule has 0 aromatic heterocycles. The number of rotatable bonds is 12. The predicted octanol–water partition coefficient (Wildman–Crippen LogP) is 3.92. The van der Waals surface area contributed by atoms with Gasteiger partial charge in [0.1, 0.15) is 6.04 Å². The van der Waals surface area contributed by atoms with Gasteiger partial charge in [0.05, 0.1) is 0 Å². The molecule has 0 radical (unpaired) electrons. The van der Waals surface area contributed by atoms with E-state index in [1.165, 1.54) is 51.9 Å². The standard InChI is InChI=1S/C15H29NO3.ClH/c1-3-4-5-6-7-8-9-10-11-12-14(17)16-13(2)15(18)19;/h13H,3-12H2,1-2H3,(H,16,17)(H,18,19);1H/t13-;/m0./s1. The van der Waals surface area contributed by atoms with Crippen molar-refractivity contribution in [3.8, 4) is 0 Å². The van der Waals surface area contributed by atoms with Gasteiger partial charge in [-0.1, -0.05) is 58.3 Å². The Hall–Kier alpha value is -0.770. The van der Waals surface area contributed by atoms with Crippen LogP contribution in [-0.2, 0) is 9.59 Å². The summed E-state index contributed by atoms with van der Waals surface area (Å²) < 4.78 is 0. The highest BCUT2D eigenvalue weighted by Crippen LogP contribution is 2.10. The number of carboxylic acid groups (broad SMARTS) is 1. The number of hydrogen-bond donors (Lipinski definition) is 2. The quantitative estimate of drug-likeness (QED) is 0.537. The topological polar surface area (TPSA) is 66.4 Å². The molecule has 0 aromatic carbocycles. The van der Waals surface area contributed by atoms with Crippen LogP contribution in [0.2, 0.25) is 0 Å². The molecule has 0 saturated carbocycles. The maximum absolute atomic E-state index is 11.4. The third kappa shape index (κ3) is 13.7. The maximum Gasteiger partial charge on any atom is 0.325 e. The molecule has 120 valence electrons. The zero-order valence-corrected chi connectivity index (χ0v) is 13.6. The van der Waals surface area contributed by atoms with Crippen LogP contribution in [0.3, 0.4) is 0 Å². The van der Waals surface area contributed by atoms with Gasteiger partial charge in [0, 0.05) is 6.42 Å². The lowest BCUT2D eigenvalue weighted by atomic mass is 10.1. The van der Waals surface area contributed by atoms with Gasteiger partial charge in [0.25, 0.3) is 0 Å². The molecule has 20 heavy (non-hydrogen) atoms. The fraction of sp³-hybridized carbons (Fsp3) is 0.867. The number of halogens is 1. The van der Waals surface area contributed by atoms with E-state index in [2.05, 4.69) is 12.2 Å². The molecule has 2 N–H and O–H groups in total. The van der Waals surface area contributed by atoms with Crippen LogP contribution < -0.4 is 5.32 Å². The van der Waals surface area contributed by atoms with Crippen LogP contribution >= 0.6 is 12.4 Å². The number of nitrogens with one attached hydrogen (secondary N) is 1. The van der Waals surface area contributed by atoms with Crippen molar-refractivity contribution in [2.45, 2.75) is 84.1 Å². The third-order valence-electron chi connectivity index (χ3n) is 3.26. The van der Waals surface area contributed by atoms with E-state index in [1.807, 2.05) is 0 Å². The Labute approximate surface area is 129 Å². The molecule has 0 heterocycles. The summed E-state index contributed by atoms with van der Waals surface area (Å²) in [4.78, 5) is 21.9. The lowest BCUT2D eigenvalue weighted by molar-refractivity contribution is -0.141. The second kappa shape index (κ2) is 14.6. The summed E-state index contributed by atoms with van der Waals surface area (Å²) in [6.45, 7) is 3.70. The van der Waals surface area contributed by atoms with Gasteiger partial charge in [-0.25, -0.2) is 0 Å². The van der Waals surface area contributed by atoms with E-state index >= 15 is 0 Å². The first kappa shape index (κ1) is 21.5. The summed E-state index contributed by atoms with van der Waals surface area (Å²) in [5.41, 5.74) is 0. The van der Waals surface area contributed by atoms with Crippen molar-refractivity contribution in [2.24, 2.45) is 0 Å². The Bertz CT molecular complexity index is 260. The number of amides is 1. The Balaban J connectivity index is 0. The van der Waals surface area contributed by atoms with Crippen LogP contribution in [0.4, 0.5) is 0 Å². The van der Waals surface area contributed by atoms with Crippen LogP contribution in [-0.4, -0.2) is 23.0 Å². The van der Waals surface area contributed by atoms with E-state index in [1.54, 1.807) is 0 Å². The minimum atomic E-state index is -0.986. The Kier molecular flexibility index (Phi) is 15.8.